The highest BCUT2D eigenvalue weighted by Gasteiger charge is 2.23. The van der Waals surface area contributed by atoms with Gasteiger partial charge in [-0.3, -0.25) is 9.78 Å². The molecule has 1 saturated heterocycles. The van der Waals surface area contributed by atoms with Crippen molar-refractivity contribution in [3.05, 3.63) is 62.4 Å². The SMILES string of the molecule is Cc1nn(Cc2ccccc2Cl)c(C)c1/C=N\n1c([C@H]2CCCO2)n[nH]c1=S. The smallest absolute Gasteiger partial charge is 0.216 e. The summed E-state index contributed by atoms with van der Waals surface area (Å²) >= 11 is 11.6. The van der Waals surface area contributed by atoms with Gasteiger partial charge in [0.05, 0.1) is 18.5 Å². The van der Waals surface area contributed by atoms with Crippen molar-refractivity contribution >= 4 is 30.0 Å². The maximum Gasteiger partial charge on any atom is 0.216 e. The van der Waals surface area contributed by atoms with E-state index >= 15 is 0 Å². The average Bonchev–Trinajstić information content (AvgIpc) is 3.38. The highest BCUT2D eigenvalue weighted by molar-refractivity contribution is 7.71. The minimum absolute atomic E-state index is 0.0739. The Morgan fingerprint density at radius 1 is 1.39 bits per heavy atom. The lowest BCUT2D eigenvalue weighted by atomic mass is 10.2. The number of halogens is 1. The maximum atomic E-state index is 6.29. The number of nitrogens with one attached hydrogen (secondary N) is 1. The fourth-order valence-corrected chi connectivity index (χ4v) is 3.74. The van der Waals surface area contributed by atoms with Gasteiger partial charge in [0.15, 0.2) is 5.82 Å². The first-order valence-electron chi connectivity index (χ1n) is 9.15. The number of aromatic amines is 1. The highest BCUT2D eigenvalue weighted by atomic mass is 35.5. The molecule has 1 atom stereocenters. The number of nitrogens with zero attached hydrogens (tertiary/aromatic N) is 5. The topological polar surface area (TPSA) is 73.0 Å². The number of hydrogen-bond acceptors (Lipinski definition) is 5. The van der Waals surface area contributed by atoms with Crippen LogP contribution in [0.3, 0.4) is 0 Å². The Bertz CT molecular complexity index is 1080. The van der Waals surface area contributed by atoms with Crippen LogP contribution in [-0.2, 0) is 11.3 Å². The Morgan fingerprint density at radius 2 is 2.21 bits per heavy atom. The van der Waals surface area contributed by atoms with Gasteiger partial charge in [0, 0.05) is 22.9 Å². The van der Waals surface area contributed by atoms with E-state index in [4.69, 9.17) is 28.6 Å². The molecule has 0 bridgehead atoms. The molecule has 146 valence electrons. The normalized spacial score (nSPS) is 17.0. The molecule has 1 N–H and O–H groups in total. The molecule has 1 fully saturated rings. The van der Waals surface area contributed by atoms with Gasteiger partial charge < -0.3 is 4.74 Å². The van der Waals surface area contributed by atoms with Crippen molar-refractivity contribution in [3.63, 3.8) is 0 Å². The van der Waals surface area contributed by atoms with Crippen molar-refractivity contribution in [2.75, 3.05) is 6.61 Å². The molecule has 1 aromatic carbocycles. The molecule has 1 aliphatic rings. The van der Waals surface area contributed by atoms with Crippen LogP contribution < -0.4 is 0 Å². The number of ether oxygens (including phenoxy) is 1. The van der Waals surface area contributed by atoms with E-state index in [2.05, 4.69) is 20.4 Å². The second-order valence-electron chi connectivity index (χ2n) is 6.78. The summed E-state index contributed by atoms with van der Waals surface area (Å²) in [5.41, 5.74) is 3.88. The third kappa shape index (κ3) is 3.67. The molecule has 0 spiro atoms. The van der Waals surface area contributed by atoms with Crippen LogP contribution in [0.1, 0.15) is 47.3 Å². The molecular weight excluding hydrogens is 396 g/mol. The summed E-state index contributed by atoms with van der Waals surface area (Å²) in [6.07, 6.45) is 3.64. The molecule has 1 aliphatic heterocycles. The van der Waals surface area contributed by atoms with Crippen molar-refractivity contribution in [1.29, 1.82) is 0 Å². The molecule has 0 amide bonds. The number of aromatic nitrogens is 5. The molecule has 0 saturated carbocycles. The summed E-state index contributed by atoms with van der Waals surface area (Å²) in [4.78, 5) is 0. The number of aryl methyl sites for hydroxylation is 1. The van der Waals surface area contributed by atoms with Crippen LogP contribution in [0.25, 0.3) is 0 Å². The third-order valence-corrected chi connectivity index (χ3v) is 5.54. The predicted molar refractivity (Wildman–Crippen MR) is 111 cm³/mol. The van der Waals surface area contributed by atoms with Crippen LogP contribution in [0, 0.1) is 18.6 Å². The van der Waals surface area contributed by atoms with E-state index in [9.17, 15) is 0 Å². The monoisotopic (exact) mass is 416 g/mol. The Labute approximate surface area is 173 Å². The van der Waals surface area contributed by atoms with Gasteiger partial charge in [0.2, 0.25) is 4.77 Å². The summed E-state index contributed by atoms with van der Waals surface area (Å²) in [7, 11) is 0. The molecule has 3 aromatic rings. The van der Waals surface area contributed by atoms with Gasteiger partial charge in [0.25, 0.3) is 0 Å². The van der Waals surface area contributed by atoms with Gasteiger partial charge in [-0.05, 0) is 50.5 Å². The van der Waals surface area contributed by atoms with Gasteiger partial charge in [0.1, 0.15) is 6.10 Å². The number of rotatable bonds is 5. The zero-order valence-electron chi connectivity index (χ0n) is 15.7. The van der Waals surface area contributed by atoms with E-state index in [1.807, 2.05) is 42.8 Å². The van der Waals surface area contributed by atoms with Gasteiger partial charge in [-0.25, -0.2) is 0 Å². The second-order valence-corrected chi connectivity index (χ2v) is 7.57. The number of benzene rings is 1. The molecule has 0 radical (unpaired) electrons. The first-order chi connectivity index (χ1) is 13.5. The van der Waals surface area contributed by atoms with E-state index in [0.29, 0.717) is 17.1 Å². The minimum atomic E-state index is -0.0739. The zero-order valence-corrected chi connectivity index (χ0v) is 17.3. The molecule has 7 nitrogen and oxygen atoms in total. The Morgan fingerprint density at radius 3 is 2.96 bits per heavy atom. The molecule has 28 heavy (non-hydrogen) atoms. The van der Waals surface area contributed by atoms with Crippen LogP contribution in [0.15, 0.2) is 29.4 Å². The van der Waals surface area contributed by atoms with Crippen molar-refractivity contribution in [2.45, 2.75) is 39.3 Å². The second kappa shape index (κ2) is 7.98. The molecule has 0 unspecified atom stereocenters. The van der Waals surface area contributed by atoms with Crippen LogP contribution in [0.4, 0.5) is 0 Å². The minimum Gasteiger partial charge on any atom is -0.370 e. The Hall–Kier alpha value is -2.29. The highest BCUT2D eigenvalue weighted by Crippen LogP contribution is 2.27. The first kappa shape index (κ1) is 19.0. The van der Waals surface area contributed by atoms with E-state index in [0.717, 1.165) is 47.0 Å². The predicted octanol–water partition coefficient (Wildman–Crippen LogP) is 4.19. The van der Waals surface area contributed by atoms with Crippen molar-refractivity contribution in [2.24, 2.45) is 5.10 Å². The zero-order chi connectivity index (χ0) is 19.7. The lowest BCUT2D eigenvalue weighted by Gasteiger charge is -2.07. The summed E-state index contributed by atoms with van der Waals surface area (Å²) in [6, 6.07) is 7.79. The van der Waals surface area contributed by atoms with E-state index in [1.165, 1.54) is 0 Å². The summed E-state index contributed by atoms with van der Waals surface area (Å²) in [6.45, 7) is 5.33. The Kier molecular flexibility index (Phi) is 5.43. The lowest BCUT2D eigenvalue weighted by Crippen LogP contribution is -2.06. The molecule has 3 heterocycles. The van der Waals surface area contributed by atoms with Crippen LogP contribution in [0.5, 0.6) is 0 Å². The van der Waals surface area contributed by atoms with Gasteiger partial charge in [-0.2, -0.15) is 20.0 Å². The quantitative estimate of drug-likeness (QED) is 0.500. The van der Waals surface area contributed by atoms with E-state index < -0.39 is 0 Å². The largest absolute Gasteiger partial charge is 0.370 e. The van der Waals surface area contributed by atoms with Crippen molar-refractivity contribution in [3.8, 4) is 0 Å². The average molecular weight is 417 g/mol. The molecule has 4 rings (SSSR count). The molecular formula is C19H21ClN6OS. The lowest BCUT2D eigenvalue weighted by molar-refractivity contribution is 0.102. The van der Waals surface area contributed by atoms with Gasteiger partial charge in [-0.15, -0.1) is 0 Å². The fourth-order valence-electron chi connectivity index (χ4n) is 3.36. The Balaban J connectivity index is 1.63. The molecule has 2 aromatic heterocycles. The molecule has 9 heteroatoms. The maximum absolute atomic E-state index is 6.29. The summed E-state index contributed by atoms with van der Waals surface area (Å²) < 4.78 is 9.74. The van der Waals surface area contributed by atoms with Gasteiger partial charge >= 0.3 is 0 Å². The van der Waals surface area contributed by atoms with Crippen LogP contribution >= 0.6 is 23.8 Å². The van der Waals surface area contributed by atoms with E-state index in [-0.39, 0.29) is 6.10 Å². The molecule has 0 aliphatic carbocycles. The van der Waals surface area contributed by atoms with Crippen molar-refractivity contribution in [1.82, 2.24) is 24.7 Å². The third-order valence-electron chi connectivity index (χ3n) is 4.91. The number of H-pyrrole nitrogens is 1. The van der Waals surface area contributed by atoms with Gasteiger partial charge in [-0.1, -0.05) is 29.8 Å². The first-order valence-corrected chi connectivity index (χ1v) is 9.94. The van der Waals surface area contributed by atoms with E-state index in [1.54, 1.807) is 10.9 Å². The van der Waals surface area contributed by atoms with Crippen LogP contribution in [0.2, 0.25) is 5.02 Å². The van der Waals surface area contributed by atoms with Crippen LogP contribution in [-0.4, -0.2) is 37.5 Å². The number of hydrogen-bond donors (Lipinski definition) is 1. The fraction of sp³-hybridized carbons (Fsp3) is 0.368. The standard InChI is InChI=1S/C19H21ClN6OS/c1-12-15(13(2)25(24-12)11-14-6-3-4-7-16(14)20)10-21-26-18(22-23-19(26)28)17-8-5-9-27-17/h3-4,6-7,10,17H,5,8-9,11H2,1-2H3,(H,23,28)/b21-10-/t17-/m1/s1. The van der Waals surface area contributed by atoms with Crippen molar-refractivity contribution < 1.29 is 4.74 Å². The summed E-state index contributed by atoms with van der Waals surface area (Å²) in [5.74, 6) is 0.706. The summed E-state index contributed by atoms with van der Waals surface area (Å²) in [5, 5.41) is 17.1.